The minimum atomic E-state index is -0.453. The molecule has 1 aromatic heterocycles. The highest BCUT2D eigenvalue weighted by atomic mass is 35.5. The molecule has 53 heavy (non-hydrogen) atoms. The fourth-order valence-corrected chi connectivity index (χ4v) is 6.54. The van der Waals surface area contributed by atoms with Gasteiger partial charge in [0.2, 0.25) is 0 Å². The lowest BCUT2D eigenvalue weighted by atomic mass is 9.93. The van der Waals surface area contributed by atoms with Crippen LogP contribution in [0.25, 0.3) is 11.1 Å². The van der Waals surface area contributed by atoms with Gasteiger partial charge in [-0.1, -0.05) is 55.8 Å². The first-order chi connectivity index (χ1) is 25.7. The van der Waals surface area contributed by atoms with E-state index in [0.29, 0.717) is 35.2 Å². The zero-order chi connectivity index (χ0) is 38.3. The molecule has 1 atom stereocenters. The molecule has 4 aromatic rings. The van der Waals surface area contributed by atoms with Crippen molar-refractivity contribution in [3.8, 4) is 34.4 Å². The number of likely N-dealkylation sites (N-methyl/N-ethyl adjacent to an activating group) is 1. The standard InChI is InChI=1S/C40H47ClN4O6.C2H6/c1-27-31(7-4-8-35(27)36-9-5-10-38(28(36)2)49-14-6-12-45-13-11-34(48)22-45)26-51-40-17-39(50-25-30-15-29(18-42)19-43-20-30)32(16-37(40)41)21-44(3)33(23-46)24-47;1-2/h4-5,7-10,15-17,19-20,33-34,46-48H,6,11-14,21-26H2,1-3H3;1-2H3. The Kier molecular flexibility index (Phi) is 16.4. The number of likely N-dealkylation sites (tertiary alicyclic amines) is 1. The maximum absolute atomic E-state index is 9.79. The second kappa shape index (κ2) is 20.9. The SMILES string of the molecule is CC.Cc1c(COc2cc(OCc3cncc(C#N)c3)c(CN(C)C(CO)CO)cc2Cl)cccc1-c1cccc(OCCCN2CCC(O)C2)c1C. The number of aliphatic hydroxyl groups is 3. The molecule has 0 bridgehead atoms. The lowest BCUT2D eigenvalue weighted by molar-refractivity contribution is 0.0866. The molecule has 3 aromatic carbocycles. The molecule has 0 radical (unpaired) electrons. The van der Waals surface area contributed by atoms with Crippen molar-refractivity contribution in [1.82, 2.24) is 14.8 Å². The number of aliphatic hydroxyl groups excluding tert-OH is 3. The molecule has 3 N–H and O–H groups in total. The Hall–Kier alpha value is -4.21. The van der Waals surface area contributed by atoms with E-state index in [2.05, 4.69) is 41.9 Å². The molecule has 5 rings (SSSR count). The van der Waals surface area contributed by atoms with Gasteiger partial charge in [-0.15, -0.1) is 0 Å². The number of ether oxygens (including phenoxy) is 3. The van der Waals surface area contributed by atoms with Crippen LogP contribution in [0.15, 0.2) is 67.0 Å². The predicted octanol–water partition coefficient (Wildman–Crippen LogP) is 6.70. The van der Waals surface area contributed by atoms with Gasteiger partial charge in [0.25, 0.3) is 0 Å². The summed E-state index contributed by atoms with van der Waals surface area (Å²) in [6.45, 7) is 11.7. The average Bonchev–Trinajstić information content (AvgIpc) is 3.59. The number of halogens is 1. The highest BCUT2D eigenvalue weighted by Crippen LogP contribution is 2.37. The number of nitriles is 1. The third-order valence-corrected chi connectivity index (χ3v) is 9.72. The highest BCUT2D eigenvalue weighted by molar-refractivity contribution is 6.32. The maximum atomic E-state index is 9.79. The van der Waals surface area contributed by atoms with E-state index >= 15 is 0 Å². The van der Waals surface area contributed by atoms with E-state index in [9.17, 15) is 20.6 Å². The van der Waals surface area contributed by atoms with Crippen LogP contribution in [0.2, 0.25) is 5.02 Å². The maximum Gasteiger partial charge on any atom is 0.142 e. The normalized spacial score (nSPS) is 14.2. The lowest BCUT2D eigenvalue weighted by Crippen LogP contribution is -2.37. The molecule has 2 heterocycles. The number of rotatable bonds is 17. The number of nitrogens with zero attached hydrogens (tertiary/aromatic N) is 4. The molecule has 1 aliphatic rings. The largest absolute Gasteiger partial charge is 0.493 e. The quantitative estimate of drug-likeness (QED) is 0.101. The monoisotopic (exact) mass is 744 g/mol. The summed E-state index contributed by atoms with van der Waals surface area (Å²) in [5, 5.41) is 38.9. The Bertz CT molecular complexity index is 1810. The zero-order valence-electron chi connectivity index (χ0n) is 31.5. The molecular weight excluding hydrogens is 692 g/mol. The van der Waals surface area contributed by atoms with E-state index in [-0.39, 0.29) is 32.5 Å². The summed E-state index contributed by atoms with van der Waals surface area (Å²) in [5.74, 6) is 1.83. The minimum absolute atomic E-state index is 0.162. The van der Waals surface area contributed by atoms with Crippen LogP contribution in [0.4, 0.5) is 0 Å². The van der Waals surface area contributed by atoms with Gasteiger partial charge in [0.1, 0.15) is 36.5 Å². The first-order valence-electron chi connectivity index (χ1n) is 18.3. The lowest BCUT2D eigenvalue weighted by Gasteiger charge is -2.26. The van der Waals surface area contributed by atoms with E-state index in [0.717, 1.165) is 77.2 Å². The highest BCUT2D eigenvalue weighted by Gasteiger charge is 2.20. The molecule has 0 spiro atoms. The topological polar surface area (TPSA) is 132 Å². The first-order valence-corrected chi connectivity index (χ1v) is 18.6. The summed E-state index contributed by atoms with van der Waals surface area (Å²) in [5.41, 5.74) is 7.26. The van der Waals surface area contributed by atoms with Crippen molar-refractivity contribution in [2.45, 2.75) is 72.4 Å². The van der Waals surface area contributed by atoms with Crippen LogP contribution < -0.4 is 14.2 Å². The fraction of sp³-hybridized carbons (Fsp3) is 0.429. The van der Waals surface area contributed by atoms with Gasteiger partial charge in [-0.2, -0.15) is 5.26 Å². The van der Waals surface area contributed by atoms with Crippen molar-refractivity contribution < 1.29 is 29.5 Å². The Balaban J connectivity index is 0.00000308. The molecule has 10 nitrogen and oxygen atoms in total. The summed E-state index contributed by atoms with van der Waals surface area (Å²) in [6, 6.07) is 19.2. The Morgan fingerprint density at radius 3 is 2.34 bits per heavy atom. The minimum Gasteiger partial charge on any atom is -0.493 e. The molecule has 0 aliphatic carbocycles. The number of hydrogen-bond acceptors (Lipinski definition) is 10. The van der Waals surface area contributed by atoms with Gasteiger partial charge < -0.3 is 34.4 Å². The number of hydrogen-bond donors (Lipinski definition) is 3. The summed E-state index contributed by atoms with van der Waals surface area (Å²) < 4.78 is 18.8. The molecule has 1 unspecified atom stereocenters. The summed E-state index contributed by atoms with van der Waals surface area (Å²) in [6.07, 6.45) is 4.67. The van der Waals surface area contributed by atoms with Crippen molar-refractivity contribution in [2.75, 3.05) is 46.5 Å². The number of pyridine rings is 1. The fourth-order valence-electron chi connectivity index (χ4n) is 6.30. The predicted molar refractivity (Wildman–Crippen MR) is 208 cm³/mol. The van der Waals surface area contributed by atoms with E-state index in [4.69, 9.17) is 25.8 Å². The summed E-state index contributed by atoms with van der Waals surface area (Å²) >= 11 is 6.78. The van der Waals surface area contributed by atoms with Crippen molar-refractivity contribution in [3.05, 3.63) is 105 Å². The van der Waals surface area contributed by atoms with Gasteiger partial charge in [0.15, 0.2) is 0 Å². The van der Waals surface area contributed by atoms with Crippen LogP contribution in [-0.2, 0) is 19.8 Å². The van der Waals surface area contributed by atoms with Crippen molar-refractivity contribution >= 4 is 11.6 Å². The average molecular weight is 745 g/mol. The third-order valence-electron chi connectivity index (χ3n) is 9.43. The van der Waals surface area contributed by atoms with E-state index in [1.807, 2.05) is 43.0 Å². The molecule has 284 valence electrons. The van der Waals surface area contributed by atoms with Gasteiger partial charge in [-0.3, -0.25) is 9.88 Å². The van der Waals surface area contributed by atoms with Gasteiger partial charge in [0.05, 0.1) is 42.6 Å². The van der Waals surface area contributed by atoms with Crippen molar-refractivity contribution in [3.63, 3.8) is 0 Å². The Labute approximate surface area is 319 Å². The molecule has 0 saturated carbocycles. The molecule has 1 fully saturated rings. The van der Waals surface area contributed by atoms with Crippen LogP contribution in [0.5, 0.6) is 17.2 Å². The van der Waals surface area contributed by atoms with Gasteiger partial charge in [-0.05, 0) is 79.8 Å². The van der Waals surface area contributed by atoms with Gasteiger partial charge in [-0.25, -0.2) is 0 Å². The second-order valence-electron chi connectivity index (χ2n) is 13.1. The molecule has 11 heteroatoms. The van der Waals surface area contributed by atoms with E-state index in [1.54, 1.807) is 31.4 Å². The Morgan fingerprint density at radius 2 is 1.64 bits per heavy atom. The first kappa shape index (κ1) is 41.5. The van der Waals surface area contributed by atoms with Crippen LogP contribution in [0, 0.1) is 25.2 Å². The van der Waals surface area contributed by atoms with E-state index in [1.165, 1.54) is 6.20 Å². The van der Waals surface area contributed by atoms with Crippen LogP contribution in [-0.4, -0.2) is 88.8 Å². The van der Waals surface area contributed by atoms with Crippen molar-refractivity contribution in [2.24, 2.45) is 0 Å². The Morgan fingerprint density at radius 1 is 0.925 bits per heavy atom. The molecule has 1 saturated heterocycles. The van der Waals surface area contributed by atoms with Crippen LogP contribution in [0.3, 0.4) is 0 Å². The second-order valence-corrected chi connectivity index (χ2v) is 13.5. The smallest absolute Gasteiger partial charge is 0.142 e. The van der Waals surface area contributed by atoms with Crippen LogP contribution in [0.1, 0.15) is 60.1 Å². The number of benzene rings is 3. The zero-order valence-corrected chi connectivity index (χ0v) is 32.3. The summed E-state index contributed by atoms with van der Waals surface area (Å²) in [4.78, 5) is 8.24. The number of β-amino-alcohol motifs (C(OH)–C–C–N with tert-alkyl or cyclic N) is 1. The van der Waals surface area contributed by atoms with Crippen LogP contribution >= 0.6 is 11.6 Å². The molecular formula is C42H53ClN4O6. The van der Waals surface area contributed by atoms with E-state index < -0.39 is 6.04 Å². The summed E-state index contributed by atoms with van der Waals surface area (Å²) in [7, 11) is 1.81. The van der Waals surface area contributed by atoms with Crippen molar-refractivity contribution in [1.29, 1.82) is 5.26 Å². The molecule has 0 amide bonds. The van der Waals surface area contributed by atoms with Gasteiger partial charge in [0, 0.05) is 55.8 Å². The molecule has 1 aliphatic heterocycles. The number of aromatic nitrogens is 1. The third kappa shape index (κ3) is 11.4. The van der Waals surface area contributed by atoms with Gasteiger partial charge >= 0.3 is 0 Å².